The Morgan fingerprint density at radius 3 is 2.09 bits per heavy atom. The van der Waals surface area contributed by atoms with Crippen molar-refractivity contribution in [1.29, 1.82) is 0 Å². The minimum atomic E-state index is -0.479. The number of likely N-dealkylation sites (tertiary alicyclic amines) is 1. The van der Waals surface area contributed by atoms with Crippen LogP contribution in [0.3, 0.4) is 0 Å². The van der Waals surface area contributed by atoms with Crippen molar-refractivity contribution >= 4 is 11.6 Å². The first kappa shape index (κ1) is 23.6. The number of methoxy groups -OCH3 is 1. The molecule has 0 aromatic heterocycles. The van der Waals surface area contributed by atoms with Gasteiger partial charge in [0.15, 0.2) is 0 Å². The number of benzene rings is 2. The zero-order valence-corrected chi connectivity index (χ0v) is 20.0. The van der Waals surface area contributed by atoms with Gasteiger partial charge in [0.25, 0.3) is 0 Å². The van der Waals surface area contributed by atoms with Crippen LogP contribution in [0.5, 0.6) is 11.5 Å². The molecule has 0 bridgehead atoms. The van der Waals surface area contributed by atoms with Crippen LogP contribution in [0.15, 0.2) is 48.5 Å². The predicted octanol–water partition coefficient (Wildman–Crippen LogP) is 5.79. The van der Waals surface area contributed by atoms with Crippen LogP contribution >= 0.6 is 0 Å². The summed E-state index contributed by atoms with van der Waals surface area (Å²) in [5.74, 6) is 1.75. The van der Waals surface area contributed by atoms with Gasteiger partial charge in [0.05, 0.1) is 12.5 Å². The van der Waals surface area contributed by atoms with E-state index in [1.54, 1.807) is 7.11 Å². The van der Waals surface area contributed by atoms with Gasteiger partial charge in [0.1, 0.15) is 18.1 Å². The molecule has 0 unspecified atom stereocenters. The van der Waals surface area contributed by atoms with E-state index in [0.717, 1.165) is 55.0 Å². The molecule has 0 atom stereocenters. The standard InChI is InChI=1S/C28H38N2O3/c1-32-25-13-9-23(10-14-25)28(17-5-4-6-18-28)27(31)29-24-11-15-26(16-12-24)33-22-21-30-19-7-2-3-8-20-30/h9-16H,2-8,17-22H2,1H3,(H,29,31). The molecule has 33 heavy (non-hydrogen) atoms. The molecule has 1 heterocycles. The third kappa shape index (κ3) is 6.08. The van der Waals surface area contributed by atoms with Crippen molar-refractivity contribution in [3.05, 3.63) is 54.1 Å². The molecule has 4 rings (SSSR count). The number of nitrogens with one attached hydrogen (secondary N) is 1. The second-order valence-corrected chi connectivity index (χ2v) is 9.45. The molecule has 0 radical (unpaired) electrons. The normalized spacial score (nSPS) is 18.8. The average Bonchev–Trinajstić information content (AvgIpc) is 3.14. The van der Waals surface area contributed by atoms with E-state index in [1.165, 1.54) is 45.2 Å². The van der Waals surface area contributed by atoms with Crippen molar-refractivity contribution in [3.8, 4) is 11.5 Å². The van der Waals surface area contributed by atoms with E-state index >= 15 is 0 Å². The topological polar surface area (TPSA) is 50.8 Å². The molecule has 0 spiro atoms. The van der Waals surface area contributed by atoms with Gasteiger partial charge in [-0.05, 0) is 80.7 Å². The van der Waals surface area contributed by atoms with Gasteiger partial charge in [-0.3, -0.25) is 9.69 Å². The molecule has 178 valence electrons. The Hall–Kier alpha value is -2.53. The highest BCUT2D eigenvalue weighted by Gasteiger charge is 2.41. The van der Waals surface area contributed by atoms with E-state index in [1.807, 2.05) is 48.5 Å². The molecule has 2 fully saturated rings. The summed E-state index contributed by atoms with van der Waals surface area (Å²) in [6.45, 7) is 4.05. The van der Waals surface area contributed by atoms with Crippen molar-refractivity contribution in [3.63, 3.8) is 0 Å². The Morgan fingerprint density at radius 1 is 0.848 bits per heavy atom. The lowest BCUT2D eigenvalue weighted by molar-refractivity contribution is -0.122. The maximum Gasteiger partial charge on any atom is 0.235 e. The molecule has 1 amide bonds. The first-order chi connectivity index (χ1) is 16.2. The van der Waals surface area contributed by atoms with Crippen molar-refractivity contribution in [2.45, 2.75) is 63.2 Å². The Kier molecular flexibility index (Phi) is 8.27. The van der Waals surface area contributed by atoms with Gasteiger partial charge in [-0.2, -0.15) is 0 Å². The highest BCUT2D eigenvalue weighted by Crippen LogP contribution is 2.41. The van der Waals surface area contributed by atoms with Crippen LogP contribution < -0.4 is 14.8 Å². The fourth-order valence-electron chi connectivity index (χ4n) is 5.25. The summed E-state index contributed by atoms with van der Waals surface area (Å²) in [6.07, 6.45) is 10.4. The molecule has 5 heteroatoms. The number of hydrogen-bond acceptors (Lipinski definition) is 4. The lowest BCUT2D eigenvalue weighted by Crippen LogP contribution is -2.42. The summed E-state index contributed by atoms with van der Waals surface area (Å²) in [4.78, 5) is 16.0. The Bertz CT molecular complexity index is 865. The van der Waals surface area contributed by atoms with Gasteiger partial charge < -0.3 is 14.8 Å². The van der Waals surface area contributed by atoms with Crippen LogP contribution in [0.4, 0.5) is 5.69 Å². The summed E-state index contributed by atoms with van der Waals surface area (Å²) in [5.41, 5.74) is 1.42. The second-order valence-electron chi connectivity index (χ2n) is 9.45. The van der Waals surface area contributed by atoms with Crippen LogP contribution in [0.1, 0.15) is 63.4 Å². The second kappa shape index (κ2) is 11.6. The lowest BCUT2D eigenvalue weighted by atomic mass is 9.68. The van der Waals surface area contributed by atoms with E-state index in [-0.39, 0.29) is 5.91 Å². The number of amides is 1. The summed E-state index contributed by atoms with van der Waals surface area (Å²) < 4.78 is 11.3. The van der Waals surface area contributed by atoms with E-state index in [9.17, 15) is 4.79 Å². The summed E-state index contributed by atoms with van der Waals surface area (Å²) in [6, 6.07) is 15.8. The van der Waals surface area contributed by atoms with Gasteiger partial charge in [-0.15, -0.1) is 0 Å². The zero-order chi connectivity index (χ0) is 22.9. The first-order valence-electron chi connectivity index (χ1n) is 12.6. The van der Waals surface area contributed by atoms with Crippen molar-refractivity contribution in [1.82, 2.24) is 4.90 Å². The van der Waals surface area contributed by atoms with E-state index in [2.05, 4.69) is 10.2 Å². The summed E-state index contributed by atoms with van der Waals surface area (Å²) in [5, 5.41) is 3.19. The smallest absolute Gasteiger partial charge is 0.235 e. The molecule has 2 aromatic carbocycles. The van der Waals surface area contributed by atoms with Crippen molar-refractivity contribution < 1.29 is 14.3 Å². The number of carbonyl (C=O) groups excluding carboxylic acids is 1. The zero-order valence-electron chi connectivity index (χ0n) is 20.0. The van der Waals surface area contributed by atoms with Crippen LogP contribution in [0, 0.1) is 0 Å². The van der Waals surface area contributed by atoms with Crippen LogP contribution in [-0.4, -0.2) is 44.2 Å². The summed E-state index contributed by atoms with van der Waals surface area (Å²) in [7, 11) is 1.67. The molecule has 2 aliphatic rings. The van der Waals surface area contributed by atoms with Gasteiger partial charge in [0, 0.05) is 12.2 Å². The first-order valence-corrected chi connectivity index (χ1v) is 12.6. The third-order valence-corrected chi connectivity index (χ3v) is 7.27. The molecular formula is C28H38N2O3. The van der Waals surface area contributed by atoms with E-state index in [0.29, 0.717) is 6.61 Å². The Morgan fingerprint density at radius 2 is 1.45 bits per heavy atom. The largest absolute Gasteiger partial charge is 0.497 e. The molecular weight excluding hydrogens is 412 g/mol. The number of carbonyl (C=O) groups is 1. The molecule has 1 aliphatic carbocycles. The number of ether oxygens (including phenoxy) is 2. The SMILES string of the molecule is COc1ccc(C2(C(=O)Nc3ccc(OCCN4CCCCCC4)cc3)CCCCC2)cc1. The van der Waals surface area contributed by atoms with E-state index < -0.39 is 5.41 Å². The Balaban J connectivity index is 1.35. The maximum absolute atomic E-state index is 13.5. The van der Waals surface area contributed by atoms with Crippen molar-refractivity contribution in [2.75, 3.05) is 38.7 Å². The molecule has 1 N–H and O–H groups in total. The lowest BCUT2D eigenvalue weighted by Gasteiger charge is -2.36. The number of hydrogen-bond donors (Lipinski definition) is 1. The highest BCUT2D eigenvalue weighted by atomic mass is 16.5. The molecule has 1 aliphatic heterocycles. The van der Waals surface area contributed by atoms with Crippen molar-refractivity contribution in [2.24, 2.45) is 0 Å². The minimum Gasteiger partial charge on any atom is -0.497 e. The summed E-state index contributed by atoms with van der Waals surface area (Å²) >= 11 is 0. The number of anilines is 1. The third-order valence-electron chi connectivity index (χ3n) is 7.27. The monoisotopic (exact) mass is 450 g/mol. The van der Waals surface area contributed by atoms with Gasteiger partial charge >= 0.3 is 0 Å². The van der Waals surface area contributed by atoms with Crippen LogP contribution in [0.2, 0.25) is 0 Å². The Labute approximate surface area is 198 Å². The average molecular weight is 451 g/mol. The molecule has 1 saturated heterocycles. The molecule has 1 saturated carbocycles. The predicted molar refractivity (Wildman–Crippen MR) is 133 cm³/mol. The fraction of sp³-hybridized carbons (Fsp3) is 0.536. The molecule has 5 nitrogen and oxygen atoms in total. The number of nitrogens with zero attached hydrogens (tertiary/aromatic N) is 1. The molecule has 2 aromatic rings. The van der Waals surface area contributed by atoms with Gasteiger partial charge in [-0.1, -0.05) is 44.2 Å². The van der Waals surface area contributed by atoms with Crippen LogP contribution in [0.25, 0.3) is 0 Å². The highest BCUT2D eigenvalue weighted by molar-refractivity contribution is 5.99. The minimum absolute atomic E-state index is 0.0854. The van der Waals surface area contributed by atoms with E-state index in [4.69, 9.17) is 9.47 Å². The fourth-order valence-corrected chi connectivity index (χ4v) is 5.25. The van der Waals surface area contributed by atoms with Crippen LogP contribution in [-0.2, 0) is 10.2 Å². The van der Waals surface area contributed by atoms with Gasteiger partial charge in [0.2, 0.25) is 5.91 Å². The number of rotatable bonds is 8. The van der Waals surface area contributed by atoms with Gasteiger partial charge in [-0.25, -0.2) is 0 Å². The quantitative estimate of drug-likeness (QED) is 0.553. The maximum atomic E-state index is 13.5.